The number of hydrogen-bond acceptors (Lipinski definition) is 5. The number of oxime groups is 1. The van der Waals surface area contributed by atoms with E-state index < -0.39 is 6.10 Å². The van der Waals surface area contributed by atoms with Crippen molar-refractivity contribution in [3.05, 3.63) is 34.3 Å². The van der Waals surface area contributed by atoms with Crippen molar-refractivity contribution in [1.29, 1.82) is 0 Å². The van der Waals surface area contributed by atoms with Crippen molar-refractivity contribution in [1.82, 2.24) is 4.90 Å². The summed E-state index contributed by atoms with van der Waals surface area (Å²) >= 11 is 6.17. The number of aliphatic hydroxyl groups is 1. The Kier molecular flexibility index (Phi) is 6.74. The molecule has 1 unspecified atom stereocenters. The number of amidine groups is 1. The van der Waals surface area contributed by atoms with Crippen LogP contribution in [0, 0.1) is 0 Å². The normalized spacial score (nSPS) is 13.8. The van der Waals surface area contributed by atoms with Crippen LogP contribution in [0.5, 0.6) is 0 Å². The number of rotatable bonds is 7. The van der Waals surface area contributed by atoms with Crippen molar-refractivity contribution in [3.63, 3.8) is 0 Å². The zero-order valence-electron chi connectivity index (χ0n) is 11.6. The zero-order chi connectivity index (χ0) is 15.1. The summed E-state index contributed by atoms with van der Waals surface area (Å²) in [4.78, 5) is 1.94. The summed E-state index contributed by atoms with van der Waals surface area (Å²) in [5.41, 5.74) is 6.95. The molecule has 0 fully saturated rings. The maximum Gasteiger partial charge on any atom is 0.170 e. The van der Waals surface area contributed by atoms with Gasteiger partial charge in [0.15, 0.2) is 5.84 Å². The van der Waals surface area contributed by atoms with Crippen LogP contribution in [0.15, 0.2) is 23.4 Å². The van der Waals surface area contributed by atoms with E-state index in [1.54, 1.807) is 19.2 Å². The Morgan fingerprint density at radius 3 is 2.80 bits per heavy atom. The number of hydrogen-bond donors (Lipinski definition) is 3. The predicted molar refractivity (Wildman–Crippen MR) is 78.2 cm³/mol. The zero-order valence-corrected chi connectivity index (χ0v) is 12.3. The lowest BCUT2D eigenvalue weighted by Crippen LogP contribution is -2.31. The van der Waals surface area contributed by atoms with Crippen molar-refractivity contribution in [2.45, 2.75) is 12.6 Å². The monoisotopic (exact) mass is 301 g/mol. The van der Waals surface area contributed by atoms with E-state index in [9.17, 15) is 5.11 Å². The van der Waals surface area contributed by atoms with Crippen LogP contribution in [0.4, 0.5) is 0 Å². The summed E-state index contributed by atoms with van der Waals surface area (Å²) in [6, 6.07) is 5.19. The minimum absolute atomic E-state index is 0.0160. The van der Waals surface area contributed by atoms with Crippen LogP contribution in [-0.4, -0.2) is 54.5 Å². The first kappa shape index (κ1) is 16.7. The molecular weight excluding hydrogens is 282 g/mol. The first-order valence-electron chi connectivity index (χ1n) is 6.09. The van der Waals surface area contributed by atoms with E-state index >= 15 is 0 Å². The molecule has 0 saturated carbocycles. The van der Waals surface area contributed by atoms with Crippen LogP contribution in [0.25, 0.3) is 0 Å². The summed E-state index contributed by atoms with van der Waals surface area (Å²) in [5.74, 6) is 0.0160. The summed E-state index contributed by atoms with van der Waals surface area (Å²) in [5, 5.41) is 21.7. The SMILES string of the molecule is COCC(O)CN(C)Cc1ccc(/C(N)=N/O)cc1Cl. The van der Waals surface area contributed by atoms with Crippen LogP contribution in [0.3, 0.4) is 0 Å². The second-order valence-corrected chi connectivity index (χ2v) is 5.00. The Morgan fingerprint density at radius 1 is 1.55 bits per heavy atom. The van der Waals surface area contributed by atoms with E-state index in [4.69, 9.17) is 27.3 Å². The molecule has 1 atom stereocenters. The molecule has 0 saturated heterocycles. The van der Waals surface area contributed by atoms with Gasteiger partial charge in [-0.15, -0.1) is 0 Å². The molecule has 6 nitrogen and oxygen atoms in total. The number of halogens is 1. The van der Waals surface area contributed by atoms with Crippen molar-refractivity contribution in [2.75, 3.05) is 27.3 Å². The summed E-state index contributed by atoms with van der Waals surface area (Å²) in [7, 11) is 3.43. The number of benzene rings is 1. The molecule has 1 aromatic rings. The van der Waals surface area contributed by atoms with Crippen LogP contribution < -0.4 is 5.73 Å². The molecule has 0 amide bonds. The smallest absolute Gasteiger partial charge is 0.170 e. The van der Waals surface area contributed by atoms with Crippen LogP contribution in [0.2, 0.25) is 5.02 Å². The first-order valence-corrected chi connectivity index (χ1v) is 6.47. The largest absolute Gasteiger partial charge is 0.409 e. The maximum atomic E-state index is 9.66. The molecule has 112 valence electrons. The first-order chi connectivity index (χ1) is 9.47. The molecule has 0 heterocycles. The maximum absolute atomic E-state index is 9.66. The average Bonchev–Trinajstić information content (AvgIpc) is 2.40. The highest BCUT2D eigenvalue weighted by molar-refractivity contribution is 6.31. The van der Waals surface area contributed by atoms with Gasteiger partial charge in [0, 0.05) is 30.8 Å². The highest BCUT2D eigenvalue weighted by Gasteiger charge is 2.11. The molecule has 0 aliphatic heterocycles. The van der Waals surface area contributed by atoms with Crippen LogP contribution in [-0.2, 0) is 11.3 Å². The molecule has 0 aromatic heterocycles. The van der Waals surface area contributed by atoms with Gasteiger partial charge in [-0.1, -0.05) is 28.9 Å². The van der Waals surface area contributed by atoms with E-state index in [1.165, 1.54) is 0 Å². The second kappa shape index (κ2) is 8.06. The lowest BCUT2D eigenvalue weighted by atomic mass is 10.1. The molecule has 0 bridgehead atoms. The highest BCUT2D eigenvalue weighted by Crippen LogP contribution is 2.19. The highest BCUT2D eigenvalue weighted by atomic mass is 35.5. The van der Waals surface area contributed by atoms with Crippen molar-refractivity contribution < 1.29 is 15.1 Å². The van der Waals surface area contributed by atoms with Gasteiger partial charge in [0.05, 0.1) is 12.7 Å². The minimum atomic E-state index is -0.541. The van der Waals surface area contributed by atoms with Crippen LogP contribution in [0.1, 0.15) is 11.1 Å². The Hall–Kier alpha value is -1.34. The number of aliphatic hydroxyl groups excluding tert-OH is 1. The summed E-state index contributed by atoms with van der Waals surface area (Å²) in [6.45, 7) is 1.35. The number of nitrogens with zero attached hydrogens (tertiary/aromatic N) is 2. The van der Waals surface area contributed by atoms with Gasteiger partial charge >= 0.3 is 0 Å². The number of nitrogens with two attached hydrogens (primary N) is 1. The summed E-state index contributed by atoms with van der Waals surface area (Å²) < 4.78 is 4.88. The third kappa shape index (κ3) is 4.97. The predicted octanol–water partition coefficient (Wildman–Crippen LogP) is 0.874. The topological polar surface area (TPSA) is 91.3 Å². The molecule has 0 aliphatic carbocycles. The summed E-state index contributed by atoms with van der Waals surface area (Å²) in [6.07, 6.45) is -0.541. The van der Waals surface area contributed by atoms with Gasteiger partial charge in [-0.25, -0.2) is 0 Å². The molecule has 1 aromatic carbocycles. The molecule has 7 heteroatoms. The fraction of sp³-hybridized carbons (Fsp3) is 0.462. The average molecular weight is 302 g/mol. The molecule has 0 aliphatic rings. The second-order valence-electron chi connectivity index (χ2n) is 4.60. The van der Waals surface area contributed by atoms with E-state index in [1.807, 2.05) is 18.0 Å². The Labute approximate surface area is 123 Å². The van der Waals surface area contributed by atoms with Gasteiger partial charge in [0.25, 0.3) is 0 Å². The van der Waals surface area contributed by atoms with Crippen molar-refractivity contribution in [3.8, 4) is 0 Å². The van der Waals surface area contributed by atoms with Gasteiger partial charge < -0.3 is 20.8 Å². The lowest BCUT2D eigenvalue weighted by Gasteiger charge is -2.20. The molecule has 4 N–H and O–H groups in total. The molecule has 0 radical (unpaired) electrons. The molecule has 20 heavy (non-hydrogen) atoms. The molecule has 1 rings (SSSR count). The number of methoxy groups -OCH3 is 1. The van der Waals surface area contributed by atoms with Crippen LogP contribution >= 0.6 is 11.6 Å². The van der Waals surface area contributed by atoms with Gasteiger partial charge in [-0.05, 0) is 18.7 Å². The van der Waals surface area contributed by atoms with Gasteiger partial charge in [-0.3, -0.25) is 4.90 Å². The van der Waals surface area contributed by atoms with Crippen molar-refractivity contribution in [2.24, 2.45) is 10.9 Å². The van der Waals surface area contributed by atoms with Crippen molar-refractivity contribution >= 4 is 17.4 Å². The number of ether oxygens (including phenoxy) is 1. The van der Waals surface area contributed by atoms with E-state index in [-0.39, 0.29) is 5.84 Å². The van der Waals surface area contributed by atoms with Gasteiger partial charge in [0.1, 0.15) is 0 Å². The standard InChI is InChI=1S/C13H20ClN3O3/c1-17(7-11(18)8-20-2)6-10-4-3-9(5-12(10)14)13(15)16-19/h3-5,11,18-19H,6-8H2,1-2H3,(H2,15,16). The van der Waals surface area contributed by atoms with Gasteiger partial charge in [-0.2, -0.15) is 0 Å². The van der Waals surface area contributed by atoms with Gasteiger partial charge in [0.2, 0.25) is 0 Å². The Bertz CT molecular complexity index is 468. The Morgan fingerprint density at radius 2 is 2.25 bits per heavy atom. The van der Waals surface area contributed by atoms with E-state index in [2.05, 4.69) is 5.16 Å². The van der Waals surface area contributed by atoms with E-state index in [0.717, 1.165) is 5.56 Å². The quantitative estimate of drug-likeness (QED) is 0.301. The Balaban J connectivity index is 2.69. The minimum Gasteiger partial charge on any atom is -0.409 e. The fourth-order valence-electron chi connectivity index (χ4n) is 1.85. The lowest BCUT2D eigenvalue weighted by molar-refractivity contribution is 0.0419. The number of likely N-dealkylation sites (N-methyl/N-ethyl adjacent to an activating group) is 1. The fourth-order valence-corrected chi connectivity index (χ4v) is 2.09. The molecule has 0 spiro atoms. The third-order valence-corrected chi connectivity index (χ3v) is 3.13. The molecular formula is C13H20ClN3O3. The third-order valence-electron chi connectivity index (χ3n) is 2.78. The van der Waals surface area contributed by atoms with E-state index in [0.29, 0.717) is 30.3 Å².